The number of ether oxygens (including phenoxy) is 1. The number of allylic oxidation sites excluding steroid dienone is 2. The summed E-state index contributed by atoms with van der Waals surface area (Å²) in [7, 11) is 1.44. The second kappa shape index (κ2) is 5.82. The molecule has 3 atom stereocenters. The summed E-state index contributed by atoms with van der Waals surface area (Å²) in [6, 6.07) is 0. The smallest absolute Gasteiger partial charge is 0.333 e. The van der Waals surface area contributed by atoms with Gasteiger partial charge >= 0.3 is 5.97 Å². The highest BCUT2D eigenvalue weighted by molar-refractivity contribution is 9.09. The Bertz CT molecular complexity index is 413. The van der Waals surface area contributed by atoms with Crippen LogP contribution in [0.5, 0.6) is 0 Å². The maximum atomic E-state index is 11.7. The van der Waals surface area contributed by atoms with Crippen LogP contribution >= 0.6 is 15.9 Å². The zero-order chi connectivity index (χ0) is 14.0. The van der Waals surface area contributed by atoms with Gasteiger partial charge in [-0.05, 0) is 49.4 Å². The topological polar surface area (TPSA) is 26.3 Å². The number of carbonyl (C=O) groups is 1. The number of methoxy groups -OCH3 is 1. The summed E-state index contributed by atoms with van der Waals surface area (Å²) in [6.07, 6.45) is 8.13. The van der Waals surface area contributed by atoms with Gasteiger partial charge in [0.2, 0.25) is 0 Å². The van der Waals surface area contributed by atoms with E-state index in [2.05, 4.69) is 35.5 Å². The predicted molar refractivity (Wildman–Crippen MR) is 81.2 cm³/mol. The van der Waals surface area contributed by atoms with E-state index in [0.29, 0.717) is 16.9 Å². The van der Waals surface area contributed by atoms with Crippen molar-refractivity contribution in [2.45, 2.75) is 39.0 Å². The fourth-order valence-corrected chi connectivity index (χ4v) is 4.37. The van der Waals surface area contributed by atoms with Gasteiger partial charge in [0, 0.05) is 10.9 Å². The Morgan fingerprint density at radius 3 is 2.95 bits per heavy atom. The fraction of sp³-hybridized carbons (Fsp3) is 0.688. The Labute approximate surface area is 124 Å². The molecule has 0 aliphatic heterocycles. The van der Waals surface area contributed by atoms with Crippen molar-refractivity contribution >= 4 is 21.9 Å². The minimum Gasteiger partial charge on any atom is -0.466 e. The lowest BCUT2D eigenvalue weighted by Gasteiger charge is -2.48. The first-order valence-electron chi connectivity index (χ1n) is 7.04. The first kappa shape index (κ1) is 14.8. The molecule has 106 valence electrons. The van der Waals surface area contributed by atoms with E-state index in [-0.39, 0.29) is 11.9 Å². The Morgan fingerprint density at radius 2 is 2.32 bits per heavy atom. The number of esters is 1. The molecule has 0 saturated heterocycles. The normalized spacial score (nSPS) is 34.2. The molecule has 0 aromatic heterocycles. The van der Waals surface area contributed by atoms with Crippen LogP contribution in [0.3, 0.4) is 0 Å². The molecule has 0 aromatic rings. The zero-order valence-electron chi connectivity index (χ0n) is 11.9. The summed E-state index contributed by atoms with van der Waals surface area (Å²) in [5.74, 6) is 0.626. The van der Waals surface area contributed by atoms with Gasteiger partial charge in [-0.2, -0.15) is 0 Å². The van der Waals surface area contributed by atoms with Gasteiger partial charge in [-0.15, -0.1) is 0 Å². The third-order valence-electron chi connectivity index (χ3n) is 5.09. The molecule has 0 radical (unpaired) electrons. The number of alkyl halides is 1. The van der Waals surface area contributed by atoms with Crippen molar-refractivity contribution in [3.05, 3.63) is 23.8 Å². The lowest BCUT2D eigenvalue weighted by atomic mass is 9.57. The Kier molecular flexibility index (Phi) is 4.54. The van der Waals surface area contributed by atoms with Crippen LogP contribution in [0.1, 0.15) is 39.0 Å². The van der Waals surface area contributed by atoms with Crippen molar-refractivity contribution < 1.29 is 9.53 Å². The number of hydrogen-bond donors (Lipinski definition) is 0. The van der Waals surface area contributed by atoms with Crippen LogP contribution in [0.15, 0.2) is 23.8 Å². The standard InChI is InChI=1S/C16H23BrO2/c1-11(15(18)19-3)12-6-8-16(2)7-4-5-13(10-17)14(16)9-12/h5,12,14H,1,4,6-10H2,2-3H3/t12-,14+,16-/m1/s1. The van der Waals surface area contributed by atoms with E-state index in [4.69, 9.17) is 4.74 Å². The lowest BCUT2D eigenvalue weighted by Crippen LogP contribution is -2.38. The summed E-state index contributed by atoms with van der Waals surface area (Å²) in [6.45, 7) is 6.36. The van der Waals surface area contributed by atoms with Crippen molar-refractivity contribution in [1.29, 1.82) is 0 Å². The molecule has 0 amide bonds. The van der Waals surface area contributed by atoms with Crippen LogP contribution < -0.4 is 0 Å². The van der Waals surface area contributed by atoms with Gasteiger partial charge < -0.3 is 4.74 Å². The lowest BCUT2D eigenvalue weighted by molar-refractivity contribution is -0.137. The summed E-state index contributed by atoms with van der Waals surface area (Å²) < 4.78 is 4.82. The van der Waals surface area contributed by atoms with Gasteiger partial charge in [0.1, 0.15) is 0 Å². The fourth-order valence-electron chi connectivity index (χ4n) is 3.75. The molecule has 2 aliphatic rings. The highest BCUT2D eigenvalue weighted by Crippen LogP contribution is 2.53. The molecule has 2 aliphatic carbocycles. The Morgan fingerprint density at radius 1 is 1.58 bits per heavy atom. The number of fused-ring (bicyclic) bond motifs is 1. The summed E-state index contributed by atoms with van der Waals surface area (Å²) in [4.78, 5) is 11.7. The summed E-state index contributed by atoms with van der Waals surface area (Å²) in [5.41, 5.74) is 2.57. The van der Waals surface area contributed by atoms with Crippen LogP contribution in [-0.4, -0.2) is 18.4 Å². The average molecular weight is 327 g/mol. The van der Waals surface area contributed by atoms with E-state index in [9.17, 15) is 4.79 Å². The molecule has 0 spiro atoms. The second-order valence-electron chi connectivity index (χ2n) is 6.15. The minimum atomic E-state index is -0.242. The van der Waals surface area contributed by atoms with Crippen LogP contribution in [0.2, 0.25) is 0 Å². The predicted octanol–water partition coefficient (Wildman–Crippen LogP) is 4.25. The zero-order valence-corrected chi connectivity index (χ0v) is 13.5. The monoisotopic (exact) mass is 326 g/mol. The van der Waals surface area contributed by atoms with Crippen LogP contribution in [0.25, 0.3) is 0 Å². The molecule has 0 aromatic carbocycles. The molecule has 2 nitrogen and oxygen atoms in total. The van der Waals surface area contributed by atoms with Gasteiger partial charge in [-0.3, -0.25) is 0 Å². The van der Waals surface area contributed by atoms with Gasteiger partial charge in [-0.25, -0.2) is 4.79 Å². The molecular formula is C16H23BrO2. The number of rotatable bonds is 3. The van der Waals surface area contributed by atoms with Crippen LogP contribution in [-0.2, 0) is 9.53 Å². The SMILES string of the molecule is C=C(C(=O)OC)[C@@H]1CC[C@@]2(C)CCC=C(CBr)[C@@H]2C1. The number of carbonyl (C=O) groups excluding carboxylic acids is 1. The van der Waals surface area contributed by atoms with Gasteiger partial charge in [0.15, 0.2) is 0 Å². The largest absolute Gasteiger partial charge is 0.466 e. The molecule has 0 bridgehead atoms. The molecule has 0 unspecified atom stereocenters. The van der Waals surface area contributed by atoms with Crippen LogP contribution in [0, 0.1) is 17.3 Å². The van der Waals surface area contributed by atoms with E-state index >= 15 is 0 Å². The Balaban J connectivity index is 2.16. The Hall–Kier alpha value is -0.570. The second-order valence-corrected chi connectivity index (χ2v) is 6.71. The van der Waals surface area contributed by atoms with E-state index < -0.39 is 0 Å². The number of halogens is 1. The molecule has 1 fully saturated rings. The van der Waals surface area contributed by atoms with E-state index in [1.165, 1.54) is 31.9 Å². The molecule has 0 N–H and O–H groups in total. The quantitative estimate of drug-likeness (QED) is 0.335. The maximum absolute atomic E-state index is 11.7. The van der Waals surface area contributed by atoms with Gasteiger partial charge in [-0.1, -0.05) is 41.1 Å². The first-order valence-corrected chi connectivity index (χ1v) is 8.16. The van der Waals surface area contributed by atoms with Crippen molar-refractivity contribution in [2.75, 3.05) is 12.4 Å². The average Bonchev–Trinajstić information content (AvgIpc) is 2.43. The van der Waals surface area contributed by atoms with Crippen molar-refractivity contribution in [2.24, 2.45) is 17.3 Å². The molecule has 2 rings (SSSR count). The highest BCUT2D eigenvalue weighted by Gasteiger charge is 2.43. The first-order chi connectivity index (χ1) is 9.01. The van der Waals surface area contributed by atoms with E-state index in [0.717, 1.165) is 18.2 Å². The van der Waals surface area contributed by atoms with E-state index in [1.807, 2.05) is 0 Å². The van der Waals surface area contributed by atoms with E-state index in [1.54, 1.807) is 0 Å². The molecular weight excluding hydrogens is 304 g/mol. The third-order valence-corrected chi connectivity index (χ3v) is 5.74. The molecule has 3 heteroatoms. The molecule has 0 heterocycles. The summed E-state index contributed by atoms with van der Waals surface area (Å²) >= 11 is 3.61. The van der Waals surface area contributed by atoms with Crippen molar-refractivity contribution in [3.8, 4) is 0 Å². The van der Waals surface area contributed by atoms with Crippen molar-refractivity contribution in [3.63, 3.8) is 0 Å². The number of hydrogen-bond acceptors (Lipinski definition) is 2. The minimum absolute atomic E-state index is 0.242. The van der Waals surface area contributed by atoms with Gasteiger partial charge in [0.05, 0.1) is 7.11 Å². The van der Waals surface area contributed by atoms with Gasteiger partial charge in [0.25, 0.3) is 0 Å². The summed E-state index contributed by atoms with van der Waals surface area (Å²) in [5, 5.41) is 0.949. The maximum Gasteiger partial charge on any atom is 0.333 e. The van der Waals surface area contributed by atoms with Crippen molar-refractivity contribution in [1.82, 2.24) is 0 Å². The third kappa shape index (κ3) is 2.81. The highest BCUT2D eigenvalue weighted by atomic mass is 79.9. The van der Waals surface area contributed by atoms with Crippen LogP contribution in [0.4, 0.5) is 0 Å². The molecule has 1 saturated carbocycles. The molecule has 19 heavy (non-hydrogen) atoms.